The van der Waals surface area contributed by atoms with Crippen LogP contribution in [0.2, 0.25) is 0 Å². The van der Waals surface area contributed by atoms with Crippen molar-refractivity contribution >= 4 is 27.1 Å². The molecule has 0 heterocycles. The summed E-state index contributed by atoms with van der Waals surface area (Å²) < 4.78 is 23.9. The van der Waals surface area contributed by atoms with Crippen LogP contribution in [0.1, 0.15) is 13.3 Å². The van der Waals surface area contributed by atoms with Gasteiger partial charge in [0.25, 0.3) is 5.69 Å². The van der Waals surface area contributed by atoms with Crippen molar-refractivity contribution < 1.29 is 13.3 Å². The van der Waals surface area contributed by atoms with Gasteiger partial charge in [0, 0.05) is 18.0 Å². The number of halogens is 1. The van der Waals surface area contributed by atoms with Gasteiger partial charge in [0.2, 0.25) is 0 Å². The first-order chi connectivity index (χ1) is 7.89. The second-order valence-electron chi connectivity index (χ2n) is 3.58. The number of non-ortho nitro benzene ring substituents is 1. The normalized spacial score (nSPS) is 13.3. The number of hydrogen-bond acceptors (Lipinski definition) is 4. The molecule has 94 valence electrons. The minimum Gasteiger partial charge on any atom is -0.258 e. The van der Waals surface area contributed by atoms with Crippen molar-refractivity contribution in [2.75, 3.05) is 5.88 Å². The fourth-order valence-electron chi connectivity index (χ4n) is 1.30. The molecule has 0 fully saturated rings. The first-order valence-electron chi connectivity index (χ1n) is 4.94. The summed E-state index contributed by atoms with van der Waals surface area (Å²) in [6, 6.07) is 4.86. The third kappa shape index (κ3) is 3.17. The van der Waals surface area contributed by atoms with Crippen LogP contribution in [0.5, 0.6) is 0 Å². The van der Waals surface area contributed by atoms with E-state index in [0.717, 1.165) is 0 Å². The van der Waals surface area contributed by atoms with Crippen molar-refractivity contribution in [1.82, 2.24) is 0 Å². The lowest BCUT2D eigenvalue weighted by atomic mass is 10.3. The maximum Gasteiger partial charge on any atom is 0.269 e. The highest BCUT2D eigenvalue weighted by Crippen LogP contribution is 2.21. The van der Waals surface area contributed by atoms with E-state index in [0.29, 0.717) is 6.42 Å². The molecule has 1 rings (SSSR count). The second-order valence-corrected chi connectivity index (χ2v) is 6.33. The molecule has 1 atom stereocenters. The lowest BCUT2D eigenvalue weighted by molar-refractivity contribution is -0.384. The van der Waals surface area contributed by atoms with Crippen LogP contribution in [0.4, 0.5) is 5.69 Å². The van der Waals surface area contributed by atoms with Crippen LogP contribution >= 0.6 is 11.6 Å². The van der Waals surface area contributed by atoms with Gasteiger partial charge in [0.15, 0.2) is 9.84 Å². The Morgan fingerprint density at radius 2 is 1.88 bits per heavy atom. The molecule has 7 heteroatoms. The van der Waals surface area contributed by atoms with Crippen LogP contribution in [-0.2, 0) is 9.84 Å². The van der Waals surface area contributed by atoms with E-state index in [4.69, 9.17) is 11.6 Å². The van der Waals surface area contributed by atoms with E-state index < -0.39 is 20.0 Å². The molecule has 0 aliphatic heterocycles. The lowest BCUT2D eigenvalue weighted by Gasteiger charge is -2.10. The van der Waals surface area contributed by atoms with Gasteiger partial charge in [0.1, 0.15) is 0 Å². The molecular weight excluding hydrogens is 266 g/mol. The fourth-order valence-corrected chi connectivity index (χ4v) is 3.16. The number of nitro benzene ring substituents is 1. The number of benzene rings is 1. The molecule has 17 heavy (non-hydrogen) atoms. The second kappa shape index (κ2) is 5.46. The summed E-state index contributed by atoms with van der Waals surface area (Å²) in [4.78, 5) is 9.95. The summed E-state index contributed by atoms with van der Waals surface area (Å²) in [6.45, 7) is 1.57. The Kier molecular flexibility index (Phi) is 4.47. The highest BCUT2D eigenvalue weighted by atomic mass is 35.5. The molecule has 0 aliphatic carbocycles. The van der Waals surface area contributed by atoms with Crippen molar-refractivity contribution in [3.63, 3.8) is 0 Å². The molecule has 1 aromatic carbocycles. The van der Waals surface area contributed by atoms with Crippen LogP contribution in [-0.4, -0.2) is 24.5 Å². The monoisotopic (exact) mass is 277 g/mol. The Morgan fingerprint density at radius 3 is 2.29 bits per heavy atom. The van der Waals surface area contributed by atoms with E-state index in [-0.39, 0.29) is 16.5 Å². The minimum atomic E-state index is -3.45. The molecule has 0 saturated carbocycles. The standard InChI is InChI=1S/C10H12ClNO4S/c1-8(6-7-11)17(15,16)10-4-2-9(3-5-10)12(13)14/h2-5,8H,6-7H2,1H3. The summed E-state index contributed by atoms with van der Waals surface area (Å²) >= 11 is 5.50. The average molecular weight is 278 g/mol. The smallest absolute Gasteiger partial charge is 0.258 e. The third-order valence-electron chi connectivity index (χ3n) is 2.42. The van der Waals surface area contributed by atoms with Crippen LogP contribution in [0.15, 0.2) is 29.2 Å². The van der Waals surface area contributed by atoms with Crippen molar-refractivity contribution in [1.29, 1.82) is 0 Å². The summed E-state index contributed by atoms with van der Waals surface area (Å²) in [5, 5.41) is 9.84. The van der Waals surface area contributed by atoms with Crippen molar-refractivity contribution in [3.05, 3.63) is 34.4 Å². The van der Waals surface area contributed by atoms with Gasteiger partial charge >= 0.3 is 0 Å². The largest absolute Gasteiger partial charge is 0.269 e. The topological polar surface area (TPSA) is 77.3 Å². The summed E-state index contributed by atoms with van der Waals surface area (Å²) in [7, 11) is -3.45. The Hall–Kier alpha value is -1.14. The van der Waals surface area contributed by atoms with E-state index in [1.807, 2.05) is 0 Å². The van der Waals surface area contributed by atoms with Crippen LogP contribution in [0.25, 0.3) is 0 Å². The Morgan fingerprint density at radius 1 is 1.35 bits per heavy atom. The van der Waals surface area contributed by atoms with Gasteiger partial charge in [-0.15, -0.1) is 11.6 Å². The predicted octanol–water partition coefficient (Wildman–Crippen LogP) is 2.39. The first-order valence-corrected chi connectivity index (χ1v) is 7.02. The quantitative estimate of drug-likeness (QED) is 0.470. The fraction of sp³-hybridized carbons (Fsp3) is 0.400. The maximum atomic E-state index is 12.0. The van der Waals surface area contributed by atoms with E-state index in [1.54, 1.807) is 6.92 Å². The van der Waals surface area contributed by atoms with Gasteiger partial charge in [-0.2, -0.15) is 0 Å². The molecule has 0 radical (unpaired) electrons. The number of sulfone groups is 1. The van der Waals surface area contributed by atoms with Gasteiger partial charge in [-0.25, -0.2) is 8.42 Å². The third-order valence-corrected chi connectivity index (χ3v) is 4.86. The van der Waals surface area contributed by atoms with Crippen molar-refractivity contribution in [2.24, 2.45) is 0 Å². The lowest BCUT2D eigenvalue weighted by Crippen LogP contribution is -2.18. The Bertz CT molecular complexity index is 498. The number of alkyl halides is 1. The van der Waals surface area contributed by atoms with Gasteiger partial charge in [-0.1, -0.05) is 0 Å². The number of hydrogen-bond donors (Lipinski definition) is 0. The van der Waals surface area contributed by atoms with Gasteiger partial charge in [-0.05, 0) is 25.5 Å². The SMILES string of the molecule is CC(CCCl)S(=O)(=O)c1ccc([N+](=O)[O-])cc1. The van der Waals surface area contributed by atoms with Crippen LogP contribution in [0.3, 0.4) is 0 Å². The minimum absolute atomic E-state index is 0.0840. The van der Waals surface area contributed by atoms with Crippen molar-refractivity contribution in [3.8, 4) is 0 Å². The number of rotatable bonds is 5. The molecular formula is C10H12ClNO4S. The number of nitrogens with zero attached hydrogens (tertiary/aromatic N) is 1. The average Bonchev–Trinajstić information content (AvgIpc) is 2.29. The van der Waals surface area contributed by atoms with Crippen LogP contribution < -0.4 is 0 Å². The molecule has 0 aromatic heterocycles. The highest BCUT2D eigenvalue weighted by Gasteiger charge is 2.23. The zero-order valence-electron chi connectivity index (χ0n) is 9.17. The molecule has 1 aromatic rings. The Labute approximate surface area is 104 Å². The molecule has 0 saturated heterocycles. The summed E-state index contributed by atoms with van der Waals surface area (Å²) in [5.41, 5.74) is -0.131. The first kappa shape index (κ1) is 13.9. The Balaban J connectivity index is 3.04. The van der Waals surface area contributed by atoms with Gasteiger partial charge < -0.3 is 0 Å². The highest BCUT2D eigenvalue weighted by molar-refractivity contribution is 7.92. The van der Waals surface area contributed by atoms with E-state index in [2.05, 4.69) is 0 Å². The molecule has 0 spiro atoms. The van der Waals surface area contributed by atoms with E-state index >= 15 is 0 Å². The molecule has 0 N–H and O–H groups in total. The zero-order chi connectivity index (χ0) is 13.1. The maximum absolute atomic E-state index is 12.0. The van der Waals surface area contributed by atoms with Crippen molar-refractivity contribution in [2.45, 2.75) is 23.5 Å². The van der Waals surface area contributed by atoms with Gasteiger partial charge in [0.05, 0.1) is 15.1 Å². The van der Waals surface area contributed by atoms with Crippen LogP contribution in [0, 0.1) is 10.1 Å². The molecule has 1 unspecified atom stereocenters. The van der Waals surface area contributed by atoms with E-state index in [9.17, 15) is 18.5 Å². The summed E-state index contributed by atoms with van der Waals surface area (Å²) in [6.07, 6.45) is 0.348. The molecule has 0 amide bonds. The summed E-state index contributed by atoms with van der Waals surface area (Å²) in [5.74, 6) is 0.257. The molecule has 0 aliphatic rings. The zero-order valence-corrected chi connectivity index (χ0v) is 10.7. The molecule has 0 bridgehead atoms. The van der Waals surface area contributed by atoms with E-state index in [1.165, 1.54) is 24.3 Å². The molecule has 5 nitrogen and oxygen atoms in total. The predicted molar refractivity (Wildman–Crippen MR) is 65.1 cm³/mol. The van der Waals surface area contributed by atoms with Gasteiger partial charge in [-0.3, -0.25) is 10.1 Å². The number of nitro groups is 1.